The van der Waals surface area contributed by atoms with E-state index >= 15 is 0 Å². The standard InChI is InChI=1S/C19H31N3/c1-16-14-18(21-10-4-5-11-21)6-7-19(16)22-12-8-17(9-13-22)15-20(2)3/h6-7,14,17H,4-5,8-13,15H2,1-3H3. The molecule has 3 nitrogen and oxygen atoms in total. The van der Waals surface area contributed by atoms with Crippen LogP contribution < -0.4 is 9.80 Å². The fourth-order valence-corrected chi connectivity index (χ4v) is 4.04. The molecule has 2 saturated heterocycles. The molecule has 2 aliphatic heterocycles. The van der Waals surface area contributed by atoms with Gasteiger partial charge in [0.15, 0.2) is 0 Å². The first-order valence-electron chi connectivity index (χ1n) is 8.89. The Kier molecular flexibility index (Phi) is 4.92. The molecule has 0 spiro atoms. The van der Waals surface area contributed by atoms with E-state index in [0.29, 0.717) is 0 Å². The molecule has 0 bridgehead atoms. The van der Waals surface area contributed by atoms with Crippen molar-refractivity contribution in [1.82, 2.24) is 4.90 Å². The Balaban J connectivity index is 1.63. The lowest BCUT2D eigenvalue weighted by Gasteiger charge is -2.35. The summed E-state index contributed by atoms with van der Waals surface area (Å²) in [4.78, 5) is 7.45. The van der Waals surface area contributed by atoms with Gasteiger partial charge in [0.2, 0.25) is 0 Å². The Hall–Kier alpha value is -1.22. The van der Waals surface area contributed by atoms with Gasteiger partial charge in [0.1, 0.15) is 0 Å². The summed E-state index contributed by atoms with van der Waals surface area (Å²) in [6, 6.07) is 7.08. The van der Waals surface area contributed by atoms with E-state index in [1.54, 1.807) is 0 Å². The average Bonchev–Trinajstić information content (AvgIpc) is 3.02. The molecule has 0 radical (unpaired) electrons. The minimum absolute atomic E-state index is 0.871. The highest BCUT2D eigenvalue weighted by molar-refractivity contribution is 5.62. The molecule has 0 amide bonds. The summed E-state index contributed by atoms with van der Waals surface area (Å²) in [6.45, 7) is 8.40. The van der Waals surface area contributed by atoms with Crippen molar-refractivity contribution in [3.63, 3.8) is 0 Å². The van der Waals surface area contributed by atoms with Gasteiger partial charge in [-0.15, -0.1) is 0 Å². The Morgan fingerprint density at radius 2 is 1.68 bits per heavy atom. The molecule has 3 rings (SSSR count). The molecule has 2 aliphatic rings. The Morgan fingerprint density at radius 3 is 2.27 bits per heavy atom. The van der Waals surface area contributed by atoms with Crippen LogP contribution in [0.25, 0.3) is 0 Å². The summed E-state index contributed by atoms with van der Waals surface area (Å²) in [5.41, 5.74) is 4.31. The van der Waals surface area contributed by atoms with Gasteiger partial charge in [0.05, 0.1) is 0 Å². The van der Waals surface area contributed by atoms with Crippen molar-refractivity contribution < 1.29 is 0 Å². The molecule has 0 N–H and O–H groups in total. The van der Waals surface area contributed by atoms with Crippen LogP contribution in [0, 0.1) is 12.8 Å². The van der Waals surface area contributed by atoms with E-state index in [9.17, 15) is 0 Å². The van der Waals surface area contributed by atoms with Crippen molar-refractivity contribution in [3.8, 4) is 0 Å². The van der Waals surface area contributed by atoms with Crippen molar-refractivity contribution in [1.29, 1.82) is 0 Å². The van der Waals surface area contributed by atoms with E-state index in [1.807, 2.05) is 0 Å². The third kappa shape index (κ3) is 3.57. The van der Waals surface area contributed by atoms with Crippen LogP contribution in [0.15, 0.2) is 18.2 Å². The van der Waals surface area contributed by atoms with Crippen LogP contribution in [-0.2, 0) is 0 Å². The molecule has 122 valence electrons. The van der Waals surface area contributed by atoms with Crippen LogP contribution in [0.4, 0.5) is 11.4 Å². The summed E-state index contributed by atoms with van der Waals surface area (Å²) >= 11 is 0. The maximum atomic E-state index is 2.59. The van der Waals surface area contributed by atoms with Crippen LogP contribution in [0.3, 0.4) is 0 Å². The first kappa shape index (κ1) is 15.7. The molecule has 3 heteroatoms. The van der Waals surface area contributed by atoms with Gasteiger partial charge in [0, 0.05) is 44.1 Å². The molecule has 2 fully saturated rings. The number of benzene rings is 1. The highest BCUT2D eigenvalue weighted by atomic mass is 15.2. The zero-order valence-electron chi connectivity index (χ0n) is 14.5. The van der Waals surface area contributed by atoms with E-state index in [2.05, 4.69) is 53.9 Å². The Morgan fingerprint density at radius 1 is 1.00 bits per heavy atom. The van der Waals surface area contributed by atoms with Gasteiger partial charge in [-0.2, -0.15) is 0 Å². The molecule has 0 atom stereocenters. The van der Waals surface area contributed by atoms with Crippen LogP contribution >= 0.6 is 0 Å². The number of hydrogen-bond donors (Lipinski definition) is 0. The van der Waals surface area contributed by atoms with Crippen molar-refractivity contribution >= 4 is 11.4 Å². The van der Waals surface area contributed by atoms with E-state index in [0.717, 1.165) is 5.92 Å². The SMILES string of the molecule is Cc1cc(N2CCCC2)ccc1N1CCC(CN(C)C)CC1. The van der Waals surface area contributed by atoms with Crippen molar-refractivity contribution in [2.45, 2.75) is 32.6 Å². The summed E-state index contributed by atoms with van der Waals surface area (Å²) in [5.74, 6) is 0.871. The van der Waals surface area contributed by atoms with Gasteiger partial charge < -0.3 is 14.7 Å². The predicted octanol–water partition coefficient (Wildman–Crippen LogP) is 3.37. The van der Waals surface area contributed by atoms with E-state index in [-0.39, 0.29) is 0 Å². The van der Waals surface area contributed by atoms with Gasteiger partial charge >= 0.3 is 0 Å². The summed E-state index contributed by atoms with van der Waals surface area (Å²) in [5, 5.41) is 0. The lowest BCUT2D eigenvalue weighted by atomic mass is 9.95. The maximum absolute atomic E-state index is 2.59. The summed E-state index contributed by atoms with van der Waals surface area (Å²) in [7, 11) is 4.38. The zero-order valence-corrected chi connectivity index (χ0v) is 14.5. The quantitative estimate of drug-likeness (QED) is 0.844. The molecule has 1 aromatic carbocycles. The smallest absolute Gasteiger partial charge is 0.0397 e. The first-order valence-corrected chi connectivity index (χ1v) is 8.89. The predicted molar refractivity (Wildman–Crippen MR) is 96.1 cm³/mol. The number of nitrogens with zero attached hydrogens (tertiary/aromatic N) is 3. The summed E-state index contributed by atoms with van der Waals surface area (Å²) < 4.78 is 0. The number of rotatable bonds is 4. The molecule has 0 unspecified atom stereocenters. The number of aryl methyl sites for hydroxylation is 1. The average molecular weight is 301 g/mol. The maximum Gasteiger partial charge on any atom is 0.0397 e. The summed E-state index contributed by atoms with van der Waals surface area (Å²) in [6.07, 6.45) is 5.34. The third-order valence-corrected chi connectivity index (χ3v) is 5.23. The molecule has 0 saturated carbocycles. The highest BCUT2D eigenvalue weighted by Crippen LogP contribution is 2.30. The van der Waals surface area contributed by atoms with E-state index in [1.165, 1.54) is 75.3 Å². The topological polar surface area (TPSA) is 9.72 Å². The van der Waals surface area contributed by atoms with Crippen molar-refractivity contribution in [2.24, 2.45) is 5.92 Å². The normalized spacial score (nSPS) is 20.2. The molecule has 0 aromatic heterocycles. The number of hydrogen-bond acceptors (Lipinski definition) is 3. The monoisotopic (exact) mass is 301 g/mol. The molecule has 1 aromatic rings. The third-order valence-electron chi connectivity index (χ3n) is 5.23. The van der Waals surface area contributed by atoms with Gasteiger partial charge in [-0.1, -0.05) is 0 Å². The van der Waals surface area contributed by atoms with E-state index < -0.39 is 0 Å². The minimum Gasteiger partial charge on any atom is -0.372 e. The molecular weight excluding hydrogens is 270 g/mol. The fraction of sp³-hybridized carbons (Fsp3) is 0.684. The van der Waals surface area contributed by atoms with Crippen molar-refractivity contribution in [2.75, 3.05) is 56.6 Å². The van der Waals surface area contributed by atoms with Crippen LogP contribution in [-0.4, -0.2) is 51.7 Å². The molecule has 0 aliphatic carbocycles. The van der Waals surface area contributed by atoms with Gasteiger partial charge in [-0.25, -0.2) is 0 Å². The van der Waals surface area contributed by atoms with Crippen LogP contribution in [0.1, 0.15) is 31.2 Å². The molecule has 22 heavy (non-hydrogen) atoms. The Bertz CT molecular complexity index is 483. The first-order chi connectivity index (χ1) is 10.6. The second kappa shape index (κ2) is 6.91. The Labute approximate surface area is 135 Å². The van der Waals surface area contributed by atoms with Crippen LogP contribution in [0.5, 0.6) is 0 Å². The van der Waals surface area contributed by atoms with Gasteiger partial charge in [-0.3, -0.25) is 0 Å². The fourth-order valence-electron chi connectivity index (χ4n) is 4.04. The molecule has 2 heterocycles. The van der Waals surface area contributed by atoms with Crippen molar-refractivity contribution in [3.05, 3.63) is 23.8 Å². The second-order valence-corrected chi connectivity index (χ2v) is 7.36. The number of anilines is 2. The molecular formula is C19H31N3. The van der Waals surface area contributed by atoms with E-state index in [4.69, 9.17) is 0 Å². The lowest BCUT2D eigenvalue weighted by Crippen LogP contribution is -2.37. The minimum atomic E-state index is 0.871. The second-order valence-electron chi connectivity index (χ2n) is 7.36. The zero-order chi connectivity index (χ0) is 15.5. The lowest BCUT2D eigenvalue weighted by molar-refractivity contribution is 0.285. The van der Waals surface area contributed by atoms with Crippen LogP contribution in [0.2, 0.25) is 0 Å². The number of piperidine rings is 1. The van der Waals surface area contributed by atoms with Gasteiger partial charge in [-0.05, 0) is 76.4 Å². The highest BCUT2D eigenvalue weighted by Gasteiger charge is 2.21. The van der Waals surface area contributed by atoms with Gasteiger partial charge in [0.25, 0.3) is 0 Å². The largest absolute Gasteiger partial charge is 0.372 e.